The zero-order chi connectivity index (χ0) is 10.3. The van der Waals surface area contributed by atoms with Crippen molar-refractivity contribution in [2.75, 3.05) is 5.32 Å². The van der Waals surface area contributed by atoms with Crippen molar-refractivity contribution < 1.29 is 4.52 Å². The van der Waals surface area contributed by atoms with E-state index >= 15 is 0 Å². The molecule has 5 nitrogen and oxygen atoms in total. The lowest BCUT2D eigenvalue weighted by Crippen LogP contribution is -2.04. The number of aryl methyl sites for hydroxylation is 1. The minimum absolute atomic E-state index is 0.572. The number of aromatic nitrogens is 3. The zero-order valence-electron chi connectivity index (χ0n) is 8.53. The molecule has 78 valence electrons. The fraction of sp³-hybridized carbons (Fsp3) is 0.500. The summed E-state index contributed by atoms with van der Waals surface area (Å²) in [4.78, 5) is 8.30. The Balaban J connectivity index is 2.12. The summed E-state index contributed by atoms with van der Waals surface area (Å²) >= 11 is 0. The van der Waals surface area contributed by atoms with Crippen LogP contribution in [-0.4, -0.2) is 21.2 Å². The molecule has 0 aromatic carbocycles. The standard InChI is InChI=1S/C10H12N4O/c1-2-7-8-9(13-6-3-4-6)11-5-12-10(8)15-14-7/h5-6H,2-4H2,1H3,(H,11,12,13). The largest absolute Gasteiger partial charge is 0.367 e. The van der Waals surface area contributed by atoms with Crippen LogP contribution in [0.4, 0.5) is 5.82 Å². The summed E-state index contributed by atoms with van der Waals surface area (Å²) in [6.45, 7) is 2.05. The molecule has 0 radical (unpaired) electrons. The predicted octanol–water partition coefficient (Wildman–Crippen LogP) is 1.75. The van der Waals surface area contributed by atoms with Crippen LogP contribution in [0.5, 0.6) is 0 Å². The van der Waals surface area contributed by atoms with Crippen molar-refractivity contribution in [1.29, 1.82) is 0 Å². The number of fused-ring (bicyclic) bond motifs is 1. The second kappa shape index (κ2) is 3.18. The third-order valence-corrected chi connectivity index (χ3v) is 2.60. The SMILES string of the molecule is CCc1noc2ncnc(NC3CC3)c12. The maximum absolute atomic E-state index is 5.14. The van der Waals surface area contributed by atoms with Gasteiger partial charge in [-0.1, -0.05) is 12.1 Å². The molecule has 1 fully saturated rings. The number of hydrogen-bond acceptors (Lipinski definition) is 5. The van der Waals surface area contributed by atoms with E-state index in [9.17, 15) is 0 Å². The van der Waals surface area contributed by atoms with Crippen molar-refractivity contribution in [3.63, 3.8) is 0 Å². The Morgan fingerprint density at radius 1 is 1.47 bits per heavy atom. The Morgan fingerprint density at radius 3 is 3.07 bits per heavy atom. The van der Waals surface area contributed by atoms with Crippen LogP contribution in [0.25, 0.3) is 11.1 Å². The molecule has 0 unspecified atom stereocenters. The van der Waals surface area contributed by atoms with Crippen LogP contribution >= 0.6 is 0 Å². The van der Waals surface area contributed by atoms with Gasteiger partial charge in [-0.05, 0) is 19.3 Å². The fourth-order valence-corrected chi connectivity index (χ4v) is 1.61. The lowest BCUT2D eigenvalue weighted by molar-refractivity contribution is 0.439. The topological polar surface area (TPSA) is 63.8 Å². The van der Waals surface area contributed by atoms with Crippen molar-refractivity contribution in [2.24, 2.45) is 0 Å². The third kappa shape index (κ3) is 1.44. The van der Waals surface area contributed by atoms with Gasteiger partial charge in [0.2, 0.25) is 0 Å². The summed E-state index contributed by atoms with van der Waals surface area (Å²) in [5.41, 5.74) is 1.50. The van der Waals surface area contributed by atoms with Gasteiger partial charge in [0.15, 0.2) is 0 Å². The molecule has 3 rings (SSSR count). The summed E-state index contributed by atoms with van der Waals surface area (Å²) in [6.07, 6.45) is 4.79. The quantitative estimate of drug-likeness (QED) is 0.825. The van der Waals surface area contributed by atoms with E-state index in [1.807, 2.05) is 6.92 Å². The van der Waals surface area contributed by atoms with E-state index in [0.717, 1.165) is 23.3 Å². The highest BCUT2D eigenvalue weighted by Gasteiger charge is 2.23. The van der Waals surface area contributed by atoms with Crippen molar-refractivity contribution >= 4 is 16.9 Å². The molecule has 1 N–H and O–H groups in total. The second-order valence-corrected chi connectivity index (χ2v) is 3.80. The monoisotopic (exact) mass is 204 g/mol. The molecule has 2 aromatic rings. The minimum Gasteiger partial charge on any atom is -0.367 e. The van der Waals surface area contributed by atoms with Gasteiger partial charge in [0.25, 0.3) is 5.71 Å². The van der Waals surface area contributed by atoms with E-state index in [1.54, 1.807) is 0 Å². The van der Waals surface area contributed by atoms with E-state index < -0.39 is 0 Å². The second-order valence-electron chi connectivity index (χ2n) is 3.80. The van der Waals surface area contributed by atoms with Crippen LogP contribution in [0.3, 0.4) is 0 Å². The van der Waals surface area contributed by atoms with Crippen LogP contribution in [0.2, 0.25) is 0 Å². The van der Waals surface area contributed by atoms with Crippen molar-refractivity contribution in [1.82, 2.24) is 15.1 Å². The normalized spacial score (nSPS) is 15.8. The van der Waals surface area contributed by atoms with Crippen LogP contribution < -0.4 is 5.32 Å². The van der Waals surface area contributed by atoms with Gasteiger partial charge in [0.1, 0.15) is 17.5 Å². The average molecular weight is 204 g/mol. The fourth-order valence-electron chi connectivity index (χ4n) is 1.61. The molecule has 0 bridgehead atoms. The molecule has 0 amide bonds. The highest BCUT2D eigenvalue weighted by molar-refractivity contribution is 5.87. The first kappa shape index (κ1) is 8.64. The molecule has 1 saturated carbocycles. The number of rotatable bonds is 3. The number of nitrogens with one attached hydrogen (secondary N) is 1. The maximum atomic E-state index is 5.14. The van der Waals surface area contributed by atoms with Crippen molar-refractivity contribution in [3.8, 4) is 0 Å². The maximum Gasteiger partial charge on any atom is 0.263 e. The first-order valence-electron chi connectivity index (χ1n) is 5.24. The summed E-state index contributed by atoms with van der Waals surface area (Å²) < 4.78 is 5.14. The first-order valence-corrected chi connectivity index (χ1v) is 5.24. The molecule has 0 atom stereocenters. The van der Waals surface area contributed by atoms with E-state index in [4.69, 9.17) is 4.52 Å². The van der Waals surface area contributed by atoms with E-state index in [-0.39, 0.29) is 0 Å². The van der Waals surface area contributed by atoms with E-state index in [0.29, 0.717) is 11.8 Å². The van der Waals surface area contributed by atoms with Gasteiger partial charge in [0.05, 0.1) is 5.69 Å². The third-order valence-electron chi connectivity index (χ3n) is 2.60. The van der Waals surface area contributed by atoms with E-state index in [1.165, 1.54) is 19.2 Å². The molecule has 15 heavy (non-hydrogen) atoms. The van der Waals surface area contributed by atoms with Gasteiger partial charge in [-0.2, -0.15) is 4.98 Å². The molecular formula is C10H12N4O. The van der Waals surface area contributed by atoms with Crippen LogP contribution in [0.1, 0.15) is 25.5 Å². The van der Waals surface area contributed by atoms with Gasteiger partial charge in [0, 0.05) is 6.04 Å². The van der Waals surface area contributed by atoms with Gasteiger partial charge in [-0.25, -0.2) is 4.98 Å². The van der Waals surface area contributed by atoms with Gasteiger partial charge >= 0.3 is 0 Å². The average Bonchev–Trinajstić information content (AvgIpc) is 2.97. The molecule has 1 aliphatic rings. The van der Waals surface area contributed by atoms with Crippen LogP contribution in [0, 0.1) is 0 Å². The van der Waals surface area contributed by atoms with E-state index in [2.05, 4.69) is 20.4 Å². The van der Waals surface area contributed by atoms with Gasteiger partial charge < -0.3 is 9.84 Å². The molecule has 1 aliphatic carbocycles. The molecule has 5 heteroatoms. The van der Waals surface area contributed by atoms with Crippen molar-refractivity contribution in [2.45, 2.75) is 32.2 Å². The number of hydrogen-bond donors (Lipinski definition) is 1. The molecule has 0 aliphatic heterocycles. The number of anilines is 1. The molecule has 2 heterocycles. The lowest BCUT2D eigenvalue weighted by atomic mass is 10.2. The summed E-state index contributed by atoms with van der Waals surface area (Å²) in [7, 11) is 0. The minimum atomic E-state index is 0.572. The molecule has 0 spiro atoms. The molecule has 2 aromatic heterocycles. The van der Waals surface area contributed by atoms with Crippen LogP contribution in [-0.2, 0) is 6.42 Å². The smallest absolute Gasteiger partial charge is 0.263 e. The Bertz CT molecular complexity index is 489. The Kier molecular flexibility index (Phi) is 1.83. The van der Waals surface area contributed by atoms with Gasteiger partial charge in [-0.3, -0.25) is 0 Å². The summed E-state index contributed by atoms with van der Waals surface area (Å²) in [6, 6.07) is 0.572. The lowest BCUT2D eigenvalue weighted by Gasteiger charge is -2.03. The Morgan fingerprint density at radius 2 is 2.33 bits per heavy atom. The highest BCUT2D eigenvalue weighted by Crippen LogP contribution is 2.29. The van der Waals surface area contributed by atoms with Crippen molar-refractivity contribution in [3.05, 3.63) is 12.0 Å². The number of nitrogens with zero attached hydrogens (tertiary/aromatic N) is 3. The summed E-state index contributed by atoms with van der Waals surface area (Å²) in [5, 5.41) is 8.29. The first-order chi connectivity index (χ1) is 7.38. The predicted molar refractivity (Wildman–Crippen MR) is 55.6 cm³/mol. The van der Waals surface area contributed by atoms with Gasteiger partial charge in [-0.15, -0.1) is 0 Å². The molecule has 0 saturated heterocycles. The Labute approximate surface area is 86.9 Å². The highest BCUT2D eigenvalue weighted by atomic mass is 16.5. The summed E-state index contributed by atoms with van der Waals surface area (Å²) in [5.74, 6) is 0.862. The van der Waals surface area contributed by atoms with Crippen LogP contribution in [0.15, 0.2) is 10.9 Å². The Hall–Kier alpha value is -1.65. The molecular weight excluding hydrogens is 192 g/mol. The zero-order valence-corrected chi connectivity index (χ0v) is 8.53.